The van der Waals surface area contributed by atoms with Crippen molar-refractivity contribution < 1.29 is 0 Å². The van der Waals surface area contributed by atoms with E-state index in [-0.39, 0.29) is 0 Å². The van der Waals surface area contributed by atoms with Gasteiger partial charge in [0.15, 0.2) is 4.34 Å². The summed E-state index contributed by atoms with van der Waals surface area (Å²) in [5, 5.41) is 14.3. The number of thiophene rings is 1. The molecule has 3 aromatic heterocycles. The fraction of sp³-hybridized carbons (Fsp3) is 0.529. The van der Waals surface area contributed by atoms with E-state index in [4.69, 9.17) is 4.98 Å². The van der Waals surface area contributed by atoms with Crippen molar-refractivity contribution in [3.63, 3.8) is 0 Å². The van der Waals surface area contributed by atoms with Crippen LogP contribution in [0, 0.1) is 12.8 Å². The van der Waals surface area contributed by atoms with E-state index in [1.165, 1.54) is 23.8 Å². The summed E-state index contributed by atoms with van der Waals surface area (Å²) in [6.07, 6.45) is 3.55. The molecule has 1 aliphatic rings. The van der Waals surface area contributed by atoms with E-state index in [0.717, 1.165) is 44.7 Å². The van der Waals surface area contributed by atoms with Crippen molar-refractivity contribution >= 4 is 49.8 Å². The Balaban J connectivity index is 1.67. The predicted molar refractivity (Wildman–Crippen MR) is 106 cm³/mol. The Morgan fingerprint density at radius 2 is 2.00 bits per heavy atom. The van der Waals surface area contributed by atoms with Gasteiger partial charge in [-0.1, -0.05) is 25.2 Å². The van der Waals surface area contributed by atoms with Gasteiger partial charge >= 0.3 is 0 Å². The molecule has 1 fully saturated rings. The van der Waals surface area contributed by atoms with E-state index in [1.807, 2.05) is 6.92 Å². The van der Waals surface area contributed by atoms with Crippen LogP contribution in [-0.2, 0) is 6.42 Å². The summed E-state index contributed by atoms with van der Waals surface area (Å²) in [6.45, 7) is 8.65. The first kappa shape index (κ1) is 17.2. The number of aromatic nitrogens is 4. The number of hydrogen-bond acceptors (Lipinski definition) is 8. The summed E-state index contributed by atoms with van der Waals surface area (Å²) >= 11 is 5.02. The monoisotopic (exact) mass is 391 g/mol. The van der Waals surface area contributed by atoms with Crippen molar-refractivity contribution in [2.45, 2.75) is 49.4 Å². The molecule has 0 unspecified atom stereocenters. The summed E-state index contributed by atoms with van der Waals surface area (Å²) in [4.78, 5) is 12.8. The Labute approximate surface area is 159 Å². The summed E-state index contributed by atoms with van der Waals surface area (Å²) in [5.41, 5.74) is 1.35. The zero-order chi connectivity index (χ0) is 17.4. The highest BCUT2D eigenvalue weighted by Gasteiger charge is 2.20. The Bertz CT molecular complexity index is 880. The average molecular weight is 392 g/mol. The van der Waals surface area contributed by atoms with E-state index >= 15 is 0 Å². The van der Waals surface area contributed by atoms with Gasteiger partial charge in [0, 0.05) is 18.5 Å². The van der Waals surface area contributed by atoms with Gasteiger partial charge in [-0.05, 0) is 54.8 Å². The zero-order valence-corrected chi connectivity index (χ0v) is 17.1. The van der Waals surface area contributed by atoms with Crippen LogP contribution in [0.5, 0.6) is 0 Å². The minimum absolute atomic E-state index is 0.611. The van der Waals surface area contributed by atoms with Gasteiger partial charge in [0.1, 0.15) is 15.7 Å². The Hall–Kier alpha value is -1.25. The predicted octanol–water partition coefficient (Wildman–Crippen LogP) is 4.80. The lowest BCUT2D eigenvalue weighted by atomic mass is 10.0. The maximum atomic E-state index is 4.73. The standard InChI is InChI=1S/C17H21N5S3/c1-10(2)8-12-9-23-14-13(12)15(19-11(3)18-14)24-17-21-20-16(25-17)22-6-4-5-7-22/h9-10H,4-8H2,1-3H3. The van der Waals surface area contributed by atoms with Crippen LogP contribution in [0.15, 0.2) is 14.7 Å². The second-order valence-corrected chi connectivity index (χ2v) is 9.81. The zero-order valence-electron chi connectivity index (χ0n) is 14.7. The molecule has 25 heavy (non-hydrogen) atoms. The fourth-order valence-electron chi connectivity index (χ4n) is 3.09. The van der Waals surface area contributed by atoms with Gasteiger partial charge in [-0.2, -0.15) is 0 Å². The maximum absolute atomic E-state index is 4.73. The third-order valence-corrected chi connectivity index (χ3v) is 7.12. The average Bonchev–Trinajstić information content (AvgIpc) is 3.27. The van der Waals surface area contributed by atoms with E-state index in [2.05, 4.69) is 39.3 Å². The van der Waals surface area contributed by atoms with Crippen LogP contribution in [-0.4, -0.2) is 33.3 Å². The topological polar surface area (TPSA) is 54.8 Å². The molecule has 0 amide bonds. The first-order chi connectivity index (χ1) is 12.1. The molecule has 4 rings (SSSR count). The second kappa shape index (κ2) is 7.17. The molecule has 1 aliphatic heterocycles. The number of hydrogen-bond donors (Lipinski definition) is 0. The molecule has 0 atom stereocenters. The number of rotatable bonds is 5. The van der Waals surface area contributed by atoms with Crippen molar-refractivity contribution in [2.24, 2.45) is 5.92 Å². The Kier molecular flexibility index (Phi) is 4.92. The number of nitrogens with zero attached hydrogens (tertiary/aromatic N) is 5. The minimum atomic E-state index is 0.611. The largest absolute Gasteiger partial charge is 0.347 e. The lowest BCUT2D eigenvalue weighted by molar-refractivity contribution is 0.650. The molecule has 0 N–H and O–H groups in total. The highest BCUT2D eigenvalue weighted by atomic mass is 32.2. The third-order valence-electron chi connectivity index (χ3n) is 4.17. The molecule has 3 aromatic rings. The quantitative estimate of drug-likeness (QED) is 0.582. The summed E-state index contributed by atoms with van der Waals surface area (Å²) in [5.74, 6) is 1.43. The summed E-state index contributed by atoms with van der Waals surface area (Å²) in [6, 6.07) is 0. The Morgan fingerprint density at radius 1 is 1.20 bits per heavy atom. The SMILES string of the molecule is Cc1nc(Sc2nnc(N3CCCC3)s2)c2c(CC(C)C)csc2n1. The van der Waals surface area contributed by atoms with Gasteiger partial charge in [0.2, 0.25) is 5.13 Å². The molecule has 0 aromatic carbocycles. The first-order valence-corrected chi connectivity index (χ1v) is 11.1. The summed E-state index contributed by atoms with van der Waals surface area (Å²) in [7, 11) is 0. The van der Waals surface area contributed by atoms with Crippen LogP contribution in [0.1, 0.15) is 38.1 Å². The van der Waals surface area contributed by atoms with Crippen molar-refractivity contribution in [3.8, 4) is 0 Å². The van der Waals surface area contributed by atoms with E-state index in [9.17, 15) is 0 Å². The van der Waals surface area contributed by atoms with Crippen LogP contribution in [0.2, 0.25) is 0 Å². The molecule has 132 valence electrons. The van der Waals surface area contributed by atoms with Gasteiger partial charge in [-0.25, -0.2) is 9.97 Å². The van der Waals surface area contributed by atoms with Gasteiger partial charge in [0.25, 0.3) is 0 Å². The molecule has 8 heteroatoms. The molecule has 0 bridgehead atoms. The number of aryl methyl sites for hydroxylation is 1. The molecule has 5 nitrogen and oxygen atoms in total. The van der Waals surface area contributed by atoms with Crippen LogP contribution in [0.25, 0.3) is 10.2 Å². The van der Waals surface area contributed by atoms with Crippen LogP contribution < -0.4 is 4.90 Å². The highest BCUT2D eigenvalue weighted by molar-refractivity contribution is 8.01. The van der Waals surface area contributed by atoms with Crippen molar-refractivity contribution in [1.82, 2.24) is 20.2 Å². The molecule has 0 radical (unpaired) electrons. The normalized spacial score (nSPS) is 15.0. The molecule has 0 aliphatic carbocycles. The number of anilines is 1. The lowest BCUT2D eigenvalue weighted by Gasteiger charge is -2.10. The second-order valence-electron chi connectivity index (χ2n) is 6.76. The molecule has 4 heterocycles. The van der Waals surface area contributed by atoms with Gasteiger partial charge in [-0.3, -0.25) is 0 Å². The maximum Gasteiger partial charge on any atom is 0.209 e. The molecule has 1 saturated heterocycles. The minimum Gasteiger partial charge on any atom is -0.347 e. The lowest BCUT2D eigenvalue weighted by Crippen LogP contribution is -2.17. The van der Waals surface area contributed by atoms with Crippen LogP contribution >= 0.6 is 34.4 Å². The smallest absolute Gasteiger partial charge is 0.209 e. The van der Waals surface area contributed by atoms with Crippen LogP contribution in [0.3, 0.4) is 0 Å². The first-order valence-electron chi connectivity index (χ1n) is 8.61. The Morgan fingerprint density at radius 3 is 2.76 bits per heavy atom. The van der Waals surface area contributed by atoms with E-state index < -0.39 is 0 Å². The van der Waals surface area contributed by atoms with Gasteiger partial charge < -0.3 is 4.90 Å². The molecule has 0 spiro atoms. The fourth-order valence-corrected chi connectivity index (χ4v) is 6.17. The van der Waals surface area contributed by atoms with Crippen LogP contribution in [0.4, 0.5) is 5.13 Å². The van der Waals surface area contributed by atoms with E-state index in [0.29, 0.717) is 5.92 Å². The van der Waals surface area contributed by atoms with Crippen molar-refractivity contribution in [2.75, 3.05) is 18.0 Å². The van der Waals surface area contributed by atoms with Gasteiger partial charge in [-0.15, -0.1) is 21.5 Å². The summed E-state index contributed by atoms with van der Waals surface area (Å²) < 4.78 is 0.961. The molecule has 0 saturated carbocycles. The van der Waals surface area contributed by atoms with Gasteiger partial charge in [0.05, 0.1) is 0 Å². The molecular weight excluding hydrogens is 370 g/mol. The number of fused-ring (bicyclic) bond motifs is 1. The highest BCUT2D eigenvalue weighted by Crippen LogP contribution is 2.39. The van der Waals surface area contributed by atoms with Crippen molar-refractivity contribution in [3.05, 3.63) is 16.8 Å². The third kappa shape index (κ3) is 3.66. The molecular formula is C17H21N5S3. The van der Waals surface area contributed by atoms with E-state index in [1.54, 1.807) is 34.4 Å². The van der Waals surface area contributed by atoms with Crippen molar-refractivity contribution in [1.29, 1.82) is 0 Å².